The topological polar surface area (TPSA) is 70.0 Å². The molecule has 0 spiro atoms. The molecule has 1 rings (SSSR count). The Morgan fingerprint density at radius 3 is 3.00 bits per heavy atom. The van der Waals surface area contributed by atoms with Crippen molar-refractivity contribution in [2.45, 2.75) is 6.42 Å². The maximum Gasteiger partial charge on any atom is 0.145 e. The van der Waals surface area contributed by atoms with E-state index in [1.807, 2.05) is 6.07 Å². The third kappa shape index (κ3) is 2.24. The fraction of sp³-hybridized carbons (Fsp3) is 0.100. The number of rotatable bonds is 2. The number of para-hydroxylation sites is 1. The summed E-state index contributed by atoms with van der Waals surface area (Å²) in [6.07, 6.45) is 3.68. The lowest BCUT2D eigenvalue weighted by molar-refractivity contribution is 0.476. The van der Waals surface area contributed by atoms with Gasteiger partial charge in [-0.05, 0) is 6.07 Å². The summed E-state index contributed by atoms with van der Waals surface area (Å²) in [5.74, 6) is 0.0664. The van der Waals surface area contributed by atoms with Crippen molar-refractivity contribution in [2.75, 3.05) is 5.73 Å². The summed E-state index contributed by atoms with van der Waals surface area (Å²) in [5, 5.41) is 17.7. The van der Waals surface area contributed by atoms with Gasteiger partial charge in [0.25, 0.3) is 0 Å². The van der Waals surface area contributed by atoms with Crippen LogP contribution in [0, 0.1) is 11.3 Å². The second kappa shape index (κ2) is 4.17. The van der Waals surface area contributed by atoms with E-state index in [1.165, 1.54) is 0 Å². The van der Waals surface area contributed by atoms with Crippen molar-refractivity contribution in [3.8, 4) is 11.8 Å². The molecule has 66 valence electrons. The molecule has 0 bridgehead atoms. The Kier molecular flexibility index (Phi) is 2.93. The summed E-state index contributed by atoms with van der Waals surface area (Å²) in [6.45, 7) is 0. The quantitative estimate of drug-likeness (QED) is 0.531. The molecule has 0 aliphatic heterocycles. The smallest absolute Gasteiger partial charge is 0.145 e. The van der Waals surface area contributed by atoms with Crippen LogP contribution in [0.15, 0.2) is 24.3 Å². The first-order valence-electron chi connectivity index (χ1n) is 3.86. The third-order valence-corrected chi connectivity index (χ3v) is 1.60. The molecule has 0 radical (unpaired) electrons. The molecule has 3 heteroatoms. The fourth-order valence-electron chi connectivity index (χ4n) is 0.953. The largest absolute Gasteiger partial charge is 0.505 e. The highest BCUT2D eigenvalue weighted by Crippen LogP contribution is 2.25. The molecule has 0 aliphatic rings. The van der Waals surface area contributed by atoms with E-state index in [1.54, 1.807) is 30.4 Å². The zero-order valence-electron chi connectivity index (χ0n) is 7.07. The molecule has 0 heterocycles. The zero-order chi connectivity index (χ0) is 9.68. The van der Waals surface area contributed by atoms with Gasteiger partial charge in [0.2, 0.25) is 0 Å². The van der Waals surface area contributed by atoms with Crippen molar-refractivity contribution in [1.29, 1.82) is 5.26 Å². The highest BCUT2D eigenvalue weighted by atomic mass is 16.3. The molecule has 0 atom stereocenters. The van der Waals surface area contributed by atoms with Gasteiger partial charge in [-0.3, -0.25) is 0 Å². The maximum atomic E-state index is 9.44. The number of nitrogens with two attached hydrogens (primary N) is 1. The molecule has 1 aromatic rings. The van der Waals surface area contributed by atoms with Crippen LogP contribution in [0.4, 0.5) is 5.69 Å². The molecular weight excluding hydrogens is 164 g/mol. The van der Waals surface area contributed by atoms with Crippen molar-refractivity contribution >= 4 is 11.8 Å². The second-order valence-electron chi connectivity index (χ2n) is 2.55. The molecule has 3 N–H and O–H groups in total. The van der Waals surface area contributed by atoms with E-state index in [-0.39, 0.29) is 5.75 Å². The van der Waals surface area contributed by atoms with Crippen LogP contribution in [0.25, 0.3) is 6.08 Å². The number of hydrogen-bond donors (Lipinski definition) is 2. The Bertz CT molecular complexity index is 364. The summed E-state index contributed by atoms with van der Waals surface area (Å²) in [6, 6.07) is 7.08. The lowest BCUT2D eigenvalue weighted by Gasteiger charge is -2.00. The summed E-state index contributed by atoms with van der Waals surface area (Å²) in [5.41, 5.74) is 6.46. The normalized spacial score (nSPS) is 10.1. The van der Waals surface area contributed by atoms with Crippen molar-refractivity contribution in [3.05, 3.63) is 29.8 Å². The Balaban J connectivity index is 2.90. The van der Waals surface area contributed by atoms with E-state index >= 15 is 0 Å². The Morgan fingerprint density at radius 2 is 2.31 bits per heavy atom. The molecule has 0 fully saturated rings. The Hall–Kier alpha value is -1.95. The summed E-state index contributed by atoms with van der Waals surface area (Å²) >= 11 is 0. The van der Waals surface area contributed by atoms with E-state index in [0.29, 0.717) is 17.7 Å². The molecular formula is C10H10N2O. The van der Waals surface area contributed by atoms with E-state index in [9.17, 15) is 5.11 Å². The van der Waals surface area contributed by atoms with E-state index in [4.69, 9.17) is 11.0 Å². The minimum atomic E-state index is 0.0664. The number of anilines is 1. The number of nitrogens with zero attached hydrogens (tertiary/aromatic N) is 1. The van der Waals surface area contributed by atoms with Crippen LogP contribution in [0.1, 0.15) is 12.0 Å². The van der Waals surface area contributed by atoms with Gasteiger partial charge in [0.1, 0.15) is 5.75 Å². The van der Waals surface area contributed by atoms with E-state index in [2.05, 4.69) is 0 Å². The Morgan fingerprint density at radius 1 is 1.54 bits per heavy atom. The molecule has 0 amide bonds. The highest BCUT2D eigenvalue weighted by Gasteiger charge is 1.99. The van der Waals surface area contributed by atoms with Gasteiger partial charge in [-0.15, -0.1) is 0 Å². The molecule has 0 saturated carbocycles. The minimum absolute atomic E-state index is 0.0664. The van der Waals surface area contributed by atoms with Crippen molar-refractivity contribution in [1.82, 2.24) is 0 Å². The van der Waals surface area contributed by atoms with Crippen molar-refractivity contribution in [2.24, 2.45) is 0 Å². The number of aromatic hydroxyl groups is 1. The first kappa shape index (κ1) is 9.14. The predicted molar refractivity (Wildman–Crippen MR) is 51.8 cm³/mol. The highest BCUT2D eigenvalue weighted by molar-refractivity contribution is 5.66. The predicted octanol–water partition coefficient (Wildman–Crippen LogP) is 1.90. The number of phenolic OH excluding ortho intramolecular Hbond substituents is 1. The first-order valence-corrected chi connectivity index (χ1v) is 3.86. The number of nitriles is 1. The van der Waals surface area contributed by atoms with Gasteiger partial charge in [0, 0.05) is 5.56 Å². The number of phenols is 1. The van der Waals surface area contributed by atoms with Crippen LogP contribution in [0.3, 0.4) is 0 Å². The maximum absolute atomic E-state index is 9.44. The fourth-order valence-corrected chi connectivity index (χ4v) is 0.953. The van der Waals surface area contributed by atoms with Crippen molar-refractivity contribution in [3.63, 3.8) is 0 Å². The zero-order valence-corrected chi connectivity index (χ0v) is 7.07. The average Bonchev–Trinajstić information content (AvgIpc) is 2.13. The number of hydrogen-bond acceptors (Lipinski definition) is 3. The molecule has 1 aromatic carbocycles. The van der Waals surface area contributed by atoms with Gasteiger partial charge in [0.05, 0.1) is 18.2 Å². The molecule has 0 aromatic heterocycles. The van der Waals surface area contributed by atoms with Crippen LogP contribution in [-0.4, -0.2) is 5.11 Å². The standard InChI is InChI=1S/C10H10N2O/c11-7-2-1-4-8-5-3-6-9(12)10(8)13/h1,3-6,13H,2,12H2. The molecule has 0 aliphatic carbocycles. The number of nitrogen functional groups attached to an aromatic ring is 1. The SMILES string of the molecule is N#CCC=Cc1cccc(N)c1O. The monoisotopic (exact) mass is 174 g/mol. The van der Waals surface area contributed by atoms with E-state index < -0.39 is 0 Å². The third-order valence-electron chi connectivity index (χ3n) is 1.60. The molecule has 3 nitrogen and oxygen atoms in total. The number of benzene rings is 1. The lowest BCUT2D eigenvalue weighted by atomic mass is 10.1. The molecule has 13 heavy (non-hydrogen) atoms. The van der Waals surface area contributed by atoms with Gasteiger partial charge >= 0.3 is 0 Å². The Labute approximate surface area is 76.7 Å². The van der Waals surface area contributed by atoms with Gasteiger partial charge in [-0.2, -0.15) is 5.26 Å². The summed E-state index contributed by atoms with van der Waals surface area (Å²) in [4.78, 5) is 0. The van der Waals surface area contributed by atoms with Crippen LogP contribution < -0.4 is 5.73 Å². The van der Waals surface area contributed by atoms with Gasteiger partial charge in [0.15, 0.2) is 0 Å². The van der Waals surface area contributed by atoms with Gasteiger partial charge in [-0.1, -0.05) is 24.3 Å². The van der Waals surface area contributed by atoms with Crippen LogP contribution >= 0.6 is 0 Å². The minimum Gasteiger partial charge on any atom is -0.505 e. The number of allylic oxidation sites excluding steroid dienone is 1. The second-order valence-corrected chi connectivity index (χ2v) is 2.55. The van der Waals surface area contributed by atoms with Gasteiger partial charge < -0.3 is 10.8 Å². The van der Waals surface area contributed by atoms with E-state index in [0.717, 1.165) is 0 Å². The van der Waals surface area contributed by atoms with Crippen LogP contribution in [0.2, 0.25) is 0 Å². The van der Waals surface area contributed by atoms with Gasteiger partial charge in [-0.25, -0.2) is 0 Å². The summed E-state index contributed by atoms with van der Waals surface area (Å²) < 4.78 is 0. The van der Waals surface area contributed by atoms with Crippen LogP contribution in [-0.2, 0) is 0 Å². The first-order chi connectivity index (χ1) is 6.25. The summed E-state index contributed by atoms with van der Waals surface area (Å²) in [7, 11) is 0. The van der Waals surface area contributed by atoms with Crippen LogP contribution in [0.5, 0.6) is 5.75 Å². The average molecular weight is 174 g/mol. The molecule has 0 unspecified atom stereocenters. The molecule has 0 saturated heterocycles. The lowest BCUT2D eigenvalue weighted by Crippen LogP contribution is -1.86. The van der Waals surface area contributed by atoms with Crippen molar-refractivity contribution < 1.29 is 5.11 Å².